The zero-order valence-electron chi connectivity index (χ0n) is 21.6. The van der Waals surface area contributed by atoms with Crippen LogP contribution in [0.5, 0.6) is 11.5 Å². The average molecular weight is 512 g/mol. The first kappa shape index (κ1) is 25.0. The number of carbonyl (C=O) groups is 2. The highest BCUT2D eigenvalue weighted by Gasteiger charge is 2.52. The van der Waals surface area contributed by atoms with Gasteiger partial charge in [0, 0.05) is 49.5 Å². The molecule has 0 bridgehead atoms. The lowest BCUT2D eigenvalue weighted by atomic mass is 9.92. The Labute approximate surface area is 214 Å². The molecule has 3 aromatic rings. The monoisotopic (exact) mass is 511 g/mol. The first-order chi connectivity index (χ1) is 17.3. The van der Waals surface area contributed by atoms with Gasteiger partial charge in [0.1, 0.15) is 5.82 Å². The van der Waals surface area contributed by atoms with E-state index in [0.29, 0.717) is 37.0 Å². The number of alkyl halides is 1. The number of nitrogens with zero attached hydrogens (tertiary/aromatic N) is 1. The van der Waals surface area contributed by atoms with Crippen LogP contribution in [0.4, 0.5) is 14.5 Å². The van der Waals surface area contributed by atoms with Gasteiger partial charge < -0.3 is 24.7 Å². The molecule has 1 aliphatic heterocycles. The summed E-state index contributed by atoms with van der Waals surface area (Å²) >= 11 is 0. The van der Waals surface area contributed by atoms with Gasteiger partial charge in [0.05, 0.1) is 16.6 Å². The van der Waals surface area contributed by atoms with Crippen LogP contribution in [0.15, 0.2) is 36.4 Å². The molecule has 0 spiro atoms. The molecule has 37 heavy (non-hydrogen) atoms. The number of aromatic nitrogens is 1. The number of amides is 2. The maximum absolute atomic E-state index is 15.3. The van der Waals surface area contributed by atoms with Gasteiger partial charge in [-0.1, -0.05) is 26.8 Å². The maximum Gasteiger partial charge on any atom is 0.404 e. The fourth-order valence-corrected chi connectivity index (χ4v) is 4.98. The standard InChI is InChI=1S/C28H31F2N3O4/c1-16(34)31-10-11-33-21-15-19(29)20(12-17(21)13-24(33)26(2,3)4)32-25(35)28(8-9-28)18-6-7-22-23(14-18)37-27(5,30)36-22/h6-7,12-15H,8-11H2,1-5H3,(H,31,34)(H,32,35)/t27-/m1/s1. The van der Waals surface area contributed by atoms with Crippen LogP contribution in [0.25, 0.3) is 10.9 Å². The number of nitrogens with one attached hydrogen (secondary N) is 2. The largest absolute Gasteiger partial charge is 0.423 e. The molecule has 2 aromatic carbocycles. The summed E-state index contributed by atoms with van der Waals surface area (Å²) in [5.74, 6) is -0.479. The minimum atomic E-state index is -2.25. The minimum absolute atomic E-state index is 0.0975. The Morgan fingerprint density at radius 1 is 1.08 bits per heavy atom. The summed E-state index contributed by atoms with van der Waals surface area (Å²) in [6.45, 7) is 9.76. The molecule has 9 heteroatoms. The second kappa shape index (κ2) is 8.46. The predicted molar refractivity (Wildman–Crippen MR) is 136 cm³/mol. The fraction of sp³-hybridized carbons (Fsp3) is 0.429. The van der Waals surface area contributed by atoms with Crippen LogP contribution in [-0.2, 0) is 27.0 Å². The molecular formula is C28H31F2N3O4. The van der Waals surface area contributed by atoms with Gasteiger partial charge in [0.2, 0.25) is 11.8 Å². The van der Waals surface area contributed by atoms with Crippen LogP contribution in [0.1, 0.15) is 58.7 Å². The van der Waals surface area contributed by atoms with Crippen molar-refractivity contribution in [3.05, 3.63) is 53.5 Å². The van der Waals surface area contributed by atoms with Crippen molar-refractivity contribution in [1.29, 1.82) is 0 Å². The average Bonchev–Trinajstić information content (AvgIpc) is 3.43. The second-order valence-corrected chi connectivity index (χ2v) is 11.0. The maximum atomic E-state index is 15.3. The van der Waals surface area contributed by atoms with Gasteiger partial charge in [-0.3, -0.25) is 9.59 Å². The lowest BCUT2D eigenvalue weighted by molar-refractivity contribution is -0.173. The van der Waals surface area contributed by atoms with Gasteiger partial charge in [-0.05, 0) is 42.7 Å². The van der Waals surface area contributed by atoms with Crippen LogP contribution in [0, 0.1) is 5.82 Å². The third kappa shape index (κ3) is 4.63. The van der Waals surface area contributed by atoms with Gasteiger partial charge in [0.15, 0.2) is 11.5 Å². The van der Waals surface area contributed by atoms with Gasteiger partial charge in [-0.15, -0.1) is 0 Å². The Bertz CT molecular complexity index is 1420. The van der Waals surface area contributed by atoms with Crippen molar-refractivity contribution < 1.29 is 27.8 Å². The first-order valence-electron chi connectivity index (χ1n) is 12.4. The van der Waals surface area contributed by atoms with Crippen LogP contribution in [-0.4, -0.2) is 29.0 Å². The zero-order valence-corrected chi connectivity index (χ0v) is 21.6. The molecule has 0 radical (unpaired) electrons. The van der Waals surface area contributed by atoms with E-state index in [2.05, 4.69) is 31.4 Å². The Balaban J connectivity index is 1.43. The number of anilines is 1. The third-order valence-electron chi connectivity index (χ3n) is 6.98. The van der Waals surface area contributed by atoms with Gasteiger partial charge in [-0.2, -0.15) is 4.39 Å². The van der Waals surface area contributed by atoms with Gasteiger partial charge in [0.25, 0.3) is 0 Å². The van der Waals surface area contributed by atoms with Crippen molar-refractivity contribution >= 4 is 28.4 Å². The number of carbonyl (C=O) groups excluding carboxylic acids is 2. The Hall–Kier alpha value is -3.62. The van der Waals surface area contributed by atoms with E-state index in [9.17, 15) is 14.0 Å². The van der Waals surface area contributed by atoms with E-state index in [4.69, 9.17) is 9.47 Å². The number of hydrogen-bond donors (Lipinski definition) is 2. The highest BCUT2D eigenvalue weighted by atomic mass is 19.2. The quantitative estimate of drug-likeness (QED) is 0.471. The lowest BCUT2D eigenvalue weighted by Crippen LogP contribution is -2.28. The Morgan fingerprint density at radius 3 is 2.43 bits per heavy atom. The number of benzene rings is 2. The third-order valence-corrected chi connectivity index (χ3v) is 6.98. The smallest absolute Gasteiger partial charge is 0.404 e. The highest BCUT2D eigenvalue weighted by Crippen LogP contribution is 2.52. The molecule has 1 aromatic heterocycles. The number of ether oxygens (including phenoxy) is 2. The van der Waals surface area contributed by atoms with Crippen molar-refractivity contribution in [2.75, 3.05) is 11.9 Å². The predicted octanol–water partition coefficient (Wildman–Crippen LogP) is 5.30. The van der Waals surface area contributed by atoms with Gasteiger partial charge in [-0.25, -0.2) is 4.39 Å². The Morgan fingerprint density at radius 2 is 1.78 bits per heavy atom. The molecule has 0 saturated heterocycles. The molecule has 2 amide bonds. The minimum Gasteiger partial charge on any atom is -0.423 e. The topological polar surface area (TPSA) is 81.6 Å². The highest BCUT2D eigenvalue weighted by molar-refractivity contribution is 6.03. The molecule has 1 atom stereocenters. The number of hydrogen-bond acceptors (Lipinski definition) is 4. The Kier molecular flexibility index (Phi) is 5.73. The molecule has 1 fully saturated rings. The molecular weight excluding hydrogens is 480 g/mol. The van der Waals surface area contributed by atoms with Crippen molar-refractivity contribution in [2.45, 2.75) is 70.9 Å². The summed E-state index contributed by atoms with van der Waals surface area (Å²) in [4.78, 5) is 24.7. The van der Waals surface area contributed by atoms with E-state index in [0.717, 1.165) is 11.1 Å². The molecule has 5 rings (SSSR count). The van der Waals surface area contributed by atoms with Crippen LogP contribution < -0.4 is 20.1 Å². The molecule has 7 nitrogen and oxygen atoms in total. The summed E-state index contributed by atoms with van der Waals surface area (Å²) in [6.07, 6.45) is 1.17. The van der Waals surface area contributed by atoms with E-state index in [1.54, 1.807) is 24.3 Å². The van der Waals surface area contributed by atoms with Crippen molar-refractivity contribution in [3.8, 4) is 11.5 Å². The molecule has 0 unspecified atom stereocenters. The van der Waals surface area contributed by atoms with E-state index in [1.807, 2.05) is 10.6 Å². The van der Waals surface area contributed by atoms with E-state index in [-0.39, 0.29) is 34.4 Å². The van der Waals surface area contributed by atoms with Crippen molar-refractivity contribution in [1.82, 2.24) is 9.88 Å². The van der Waals surface area contributed by atoms with Crippen LogP contribution in [0.3, 0.4) is 0 Å². The molecule has 1 aliphatic carbocycles. The molecule has 196 valence electrons. The van der Waals surface area contributed by atoms with Crippen LogP contribution >= 0.6 is 0 Å². The van der Waals surface area contributed by atoms with Gasteiger partial charge >= 0.3 is 6.04 Å². The van der Waals surface area contributed by atoms with E-state index >= 15 is 4.39 Å². The molecule has 2 N–H and O–H groups in total. The zero-order chi connectivity index (χ0) is 26.8. The summed E-state index contributed by atoms with van der Waals surface area (Å²) < 4.78 is 41.7. The fourth-order valence-electron chi connectivity index (χ4n) is 4.98. The second-order valence-electron chi connectivity index (χ2n) is 11.0. The number of fused-ring (bicyclic) bond motifs is 2. The SMILES string of the molecule is CC(=O)NCCn1c(C(C)(C)C)cc2cc(NC(=O)C3(c4ccc5c(c4)O[C@](C)(F)O5)CC3)c(F)cc21. The number of halogens is 2. The molecule has 2 aliphatic rings. The lowest BCUT2D eigenvalue weighted by Gasteiger charge is -2.22. The summed E-state index contributed by atoms with van der Waals surface area (Å²) in [5, 5.41) is 6.37. The molecule has 2 heterocycles. The van der Waals surface area contributed by atoms with E-state index < -0.39 is 17.3 Å². The summed E-state index contributed by atoms with van der Waals surface area (Å²) in [6, 6.07) is 7.76. The summed E-state index contributed by atoms with van der Waals surface area (Å²) in [5.41, 5.74) is 1.40. The van der Waals surface area contributed by atoms with E-state index in [1.165, 1.54) is 19.9 Å². The summed E-state index contributed by atoms with van der Waals surface area (Å²) in [7, 11) is 0. The molecule has 1 saturated carbocycles. The first-order valence-corrected chi connectivity index (χ1v) is 12.4. The number of rotatable bonds is 6. The normalized spacial score (nSPS) is 19.6. The van der Waals surface area contributed by atoms with Crippen molar-refractivity contribution in [3.63, 3.8) is 0 Å². The van der Waals surface area contributed by atoms with Crippen LogP contribution in [0.2, 0.25) is 0 Å². The van der Waals surface area contributed by atoms with Crippen molar-refractivity contribution in [2.24, 2.45) is 0 Å².